The number of nitrogens with zero attached hydrogens (tertiary/aromatic N) is 4. The maximum Gasteiger partial charge on any atom is 0.254 e. The van der Waals surface area contributed by atoms with Gasteiger partial charge < -0.3 is 20.0 Å². The Labute approximate surface area is 213 Å². The molecule has 36 heavy (non-hydrogen) atoms. The molecule has 6 heteroatoms. The normalized spacial score (nSPS) is 19.8. The van der Waals surface area contributed by atoms with E-state index in [0.29, 0.717) is 6.04 Å². The lowest BCUT2D eigenvalue weighted by Crippen LogP contribution is -2.42. The van der Waals surface area contributed by atoms with Crippen LogP contribution in [0.5, 0.6) is 0 Å². The fraction of sp³-hybridized carbons (Fsp3) is 0.400. The third-order valence-electron chi connectivity index (χ3n) is 7.87. The van der Waals surface area contributed by atoms with Crippen molar-refractivity contribution in [3.05, 3.63) is 78.0 Å². The first kappa shape index (κ1) is 23.0. The van der Waals surface area contributed by atoms with Gasteiger partial charge in [0.15, 0.2) is 0 Å². The van der Waals surface area contributed by atoms with Gasteiger partial charge in [-0.3, -0.25) is 4.79 Å². The quantitative estimate of drug-likeness (QED) is 0.544. The van der Waals surface area contributed by atoms with Crippen molar-refractivity contribution in [3.8, 4) is 11.1 Å². The number of pyridine rings is 1. The molecule has 6 rings (SSSR count). The fourth-order valence-electron chi connectivity index (χ4n) is 5.91. The van der Waals surface area contributed by atoms with Crippen LogP contribution in [0.15, 0.2) is 66.9 Å². The number of anilines is 2. The molecule has 1 amide bonds. The molecule has 0 aliphatic carbocycles. The van der Waals surface area contributed by atoms with E-state index in [2.05, 4.69) is 68.5 Å². The van der Waals surface area contributed by atoms with E-state index >= 15 is 0 Å². The second-order valence-corrected chi connectivity index (χ2v) is 10.3. The summed E-state index contributed by atoms with van der Waals surface area (Å²) in [4.78, 5) is 25.1. The molecule has 1 atom stereocenters. The van der Waals surface area contributed by atoms with Crippen LogP contribution in [0.3, 0.4) is 0 Å². The molecule has 0 radical (unpaired) electrons. The third kappa shape index (κ3) is 4.82. The SMILES string of the molecule is O=C(c1ccc(-c2cnc3c(c2)N(Cc2ccccc2)CCN3)cc1)N1CCC[C@H]1CN1CCCC1. The lowest BCUT2D eigenvalue weighted by molar-refractivity contribution is 0.0709. The van der Waals surface area contributed by atoms with E-state index < -0.39 is 0 Å². The maximum atomic E-state index is 13.4. The molecule has 3 aliphatic rings. The van der Waals surface area contributed by atoms with Crippen LogP contribution in [-0.4, -0.2) is 66.0 Å². The molecular weight excluding hydrogens is 446 g/mol. The molecule has 0 unspecified atom stereocenters. The minimum atomic E-state index is 0.171. The van der Waals surface area contributed by atoms with Crippen LogP contribution in [-0.2, 0) is 6.54 Å². The van der Waals surface area contributed by atoms with Crippen LogP contribution in [0.2, 0.25) is 0 Å². The summed E-state index contributed by atoms with van der Waals surface area (Å²) in [5.41, 5.74) is 5.36. The summed E-state index contributed by atoms with van der Waals surface area (Å²) in [6, 6.07) is 21.3. The number of nitrogens with one attached hydrogen (secondary N) is 1. The third-order valence-corrected chi connectivity index (χ3v) is 7.87. The summed E-state index contributed by atoms with van der Waals surface area (Å²) in [5, 5.41) is 3.44. The molecule has 2 fully saturated rings. The van der Waals surface area contributed by atoms with Crippen LogP contribution in [0.1, 0.15) is 41.6 Å². The number of carbonyl (C=O) groups excluding carboxylic acids is 1. The van der Waals surface area contributed by atoms with Gasteiger partial charge in [-0.1, -0.05) is 42.5 Å². The Kier molecular flexibility index (Phi) is 6.60. The number of hydrogen-bond acceptors (Lipinski definition) is 5. The largest absolute Gasteiger partial charge is 0.367 e. The Morgan fingerprint density at radius 1 is 0.917 bits per heavy atom. The summed E-state index contributed by atoms with van der Waals surface area (Å²) in [6.07, 6.45) is 6.74. The monoisotopic (exact) mass is 481 g/mol. The van der Waals surface area contributed by atoms with Gasteiger partial charge in [-0.05, 0) is 68.1 Å². The molecule has 4 heterocycles. The lowest BCUT2D eigenvalue weighted by Gasteiger charge is -2.31. The molecular formula is C30H35N5O. The molecule has 1 aromatic heterocycles. The van der Waals surface area contributed by atoms with Crippen molar-refractivity contribution >= 4 is 17.4 Å². The Hall–Kier alpha value is -3.38. The second-order valence-electron chi connectivity index (χ2n) is 10.3. The topological polar surface area (TPSA) is 51.7 Å². The highest BCUT2D eigenvalue weighted by Crippen LogP contribution is 2.33. The first-order valence-electron chi connectivity index (χ1n) is 13.4. The molecule has 6 nitrogen and oxygen atoms in total. The number of rotatable bonds is 6. The molecule has 0 bridgehead atoms. The number of fused-ring (bicyclic) bond motifs is 1. The summed E-state index contributed by atoms with van der Waals surface area (Å²) in [7, 11) is 0. The minimum Gasteiger partial charge on any atom is -0.367 e. The zero-order chi connectivity index (χ0) is 24.3. The van der Waals surface area contributed by atoms with Crippen LogP contribution >= 0.6 is 0 Å². The van der Waals surface area contributed by atoms with Crippen molar-refractivity contribution in [2.75, 3.05) is 49.5 Å². The van der Waals surface area contributed by atoms with Gasteiger partial charge in [-0.15, -0.1) is 0 Å². The molecule has 0 spiro atoms. The van der Waals surface area contributed by atoms with Crippen molar-refractivity contribution in [2.45, 2.75) is 38.3 Å². The van der Waals surface area contributed by atoms with Gasteiger partial charge in [0.2, 0.25) is 0 Å². The van der Waals surface area contributed by atoms with Crippen molar-refractivity contribution in [2.24, 2.45) is 0 Å². The van der Waals surface area contributed by atoms with Gasteiger partial charge in [0.1, 0.15) is 5.82 Å². The predicted octanol–water partition coefficient (Wildman–Crippen LogP) is 4.88. The highest BCUT2D eigenvalue weighted by molar-refractivity contribution is 5.95. The first-order valence-corrected chi connectivity index (χ1v) is 13.4. The van der Waals surface area contributed by atoms with Gasteiger partial charge >= 0.3 is 0 Å². The highest BCUT2D eigenvalue weighted by Gasteiger charge is 2.31. The van der Waals surface area contributed by atoms with E-state index in [-0.39, 0.29) is 5.91 Å². The lowest BCUT2D eigenvalue weighted by atomic mass is 10.0. The van der Waals surface area contributed by atoms with Crippen molar-refractivity contribution in [1.82, 2.24) is 14.8 Å². The average Bonchev–Trinajstić information content (AvgIpc) is 3.62. The highest BCUT2D eigenvalue weighted by atomic mass is 16.2. The van der Waals surface area contributed by atoms with E-state index in [1.54, 1.807) is 0 Å². The van der Waals surface area contributed by atoms with Crippen molar-refractivity contribution in [3.63, 3.8) is 0 Å². The summed E-state index contributed by atoms with van der Waals surface area (Å²) in [5.74, 6) is 1.11. The van der Waals surface area contributed by atoms with Crippen LogP contribution in [0, 0.1) is 0 Å². The number of benzene rings is 2. The van der Waals surface area contributed by atoms with Crippen molar-refractivity contribution in [1.29, 1.82) is 0 Å². The molecule has 3 aliphatic heterocycles. The first-order chi connectivity index (χ1) is 17.7. The number of carbonyl (C=O) groups is 1. The molecule has 2 aromatic carbocycles. The molecule has 1 N–H and O–H groups in total. The van der Waals surface area contributed by atoms with Crippen LogP contribution < -0.4 is 10.2 Å². The van der Waals surface area contributed by atoms with E-state index in [0.717, 1.165) is 73.8 Å². The summed E-state index contributed by atoms with van der Waals surface area (Å²) < 4.78 is 0. The van der Waals surface area contributed by atoms with Gasteiger partial charge in [-0.25, -0.2) is 4.98 Å². The van der Waals surface area contributed by atoms with Crippen LogP contribution in [0.25, 0.3) is 11.1 Å². The molecule has 3 aromatic rings. The van der Waals surface area contributed by atoms with Crippen molar-refractivity contribution < 1.29 is 4.79 Å². The van der Waals surface area contributed by atoms with E-state index in [4.69, 9.17) is 4.98 Å². The number of amides is 1. The zero-order valence-electron chi connectivity index (χ0n) is 20.9. The zero-order valence-corrected chi connectivity index (χ0v) is 20.9. The molecule has 2 saturated heterocycles. The van der Waals surface area contributed by atoms with Gasteiger partial charge in [-0.2, -0.15) is 0 Å². The smallest absolute Gasteiger partial charge is 0.254 e. The van der Waals surface area contributed by atoms with Gasteiger partial charge in [0, 0.05) is 56.1 Å². The molecule has 0 saturated carbocycles. The minimum absolute atomic E-state index is 0.171. The Bertz CT molecular complexity index is 1190. The number of likely N-dealkylation sites (tertiary alicyclic amines) is 2. The predicted molar refractivity (Wildman–Crippen MR) is 145 cm³/mol. The van der Waals surface area contributed by atoms with Gasteiger partial charge in [0.25, 0.3) is 5.91 Å². The van der Waals surface area contributed by atoms with E-state index in [1.165, 1.54) is 31.5 Å². The molecule has 186 valence electrons. The standard InChI is InChI=1S/C30H35N5O/c36-30(35-17-6-9-27(35)22-33-15-4-5-16-33)25-12-10-24(11-13-25)26-19-28-29(32-20-26)31-14-18-34(28)21-23-7-2-1-3-8-23/h1-3,7-8,10-13,19-20,27H,4-6,9,14-18,21-22H2,(H,31,32)/t27-/m0/s1. The van der Waals surface area contributed by atoms with Crippen LogP contribution in [0.4, 0.5) is 11.5 Å². The Balaban J connectivity index is 1.18. The van der Waals surface area contributed by atoms with Gasteiger partial charge in [0.05, 0.1) is 5.69 Å². The Morgan fingerprint density at radius 2 is 1.72 bits per heavy atom. The van der Waals surface area contributed by atoms with E-state index in [1.807, 2.05) is 18.3 Å². The fourth-order valence-corrected chi connectivity index (χ4v) is 5.91. The number of aromatic nitrogens is 1. The second kappa shape index (κ2) is 10.3. The Morgan fingerprint density at radius 3 is 2.53 bits per heavy atom. The number of hydrogen-bond donors (Lipinski definition) is 1. The summed E-state index contributed by atoms with van der Waals surface area (Å²) >= 11 is 0. The summed E-state index contributed by atoms with van der Waals surface area (Å²) in [6.45, 7) is 6.95. The maximum absolute atomic E-state index is 13.4. The van der Waals surface area contributed by atoms with E-state index in [9.17, 15) is 4.79 Å². The average molecular weight is 482 g/mol.